The van der Waals surface area contributed by atoms with Crippen LogP contribution < -0.4 is 5.32 Å². The first-order valence-electron chi connectivity index (χ1n) is 6.88. The molecular weight excluding hydrogens is 332 g/mol. The molecule has 0 aliphatic carbocycles. The standard InChI is InChI=1S/C17H11ClN2O4/c18-12-4-5-15-14(7-12)20-16(24-15)11(9-21)8-19-13-3-1-2-10(6-13)17(22)23/h1-9,19H,(H,22,23)/b11-8+. The number of carbonyl (C=O) groups excluding carboxylic acids is 1. The van der Waals surface area contributed by atoms with Crippen molar-refractivity contribution >= 4 is 46.2 Å². The van der Waals surface area contributed by atoms with Gasteiger partial charge in [0.1, 0.15) is 5.52 Å². The van der Waals surface area contributed by atoms with Gasteiger partial charge >= 0.3 is 5.97 Å². The van der Waals surface area contributed by atoms with E-state index in [2.05, 4.69) is 10.3 Å². The highest BCUT2D eigenvalue weighted by atomic mass is 35.5. The lowest BCUT2D eigenvalue weighted by Crippen LogP contribution is -1.98. The van der Waals surface area contributed by atoms with Gasteiger partial charge < -0.3 is 14.8 Å². The van der Waals surface area contributed by atoms with Gasteiger partial charge in [-0.05, 0) is 36.4 Å². The van der Waals surface area contributed by atoms with Gasteiger partial charge in [-0.1, -0.05) is 17.7 Å². The number of oxazole rings is 1. The maximum Gasteiger partial charge on any atom is 0.335 e. The Labute approximate surface area is 141 Å². The molecule has 3 rings (SSSR count). The second kappa shape index (κ2) is 6.55. The Hall–Kier alpha value is -3.12. The van der Waals surface area contributed by atoms with Crippen molar-refractivity contribution in [2.45, 2.75) is 0 Å². The van der Waals surface area contributed by atoms with Gasteiger partial charge in [0.25, 0.3) is 0 Å². The van der Waals surface area contributed by atoms with Crippen molar-refractivity contribution in [3.63, 3.8) is 0 Å². The van der Waals surface area contributed by atoms with Crippen LogP contribution in [-0.2, 0) is 4.79 Å². The van der Waals surface area contributed by atoms with Crippen molar-refractivity contribution in [3.05, 3.63) is 65.1 Å². The molecule has 2 aromatic carbocycles. The first kappa shape index (κ1) is 15.8. The number of rotatable bonds is 5. The van der Waals surface area contributed by atoms with Crippen molar-refractivity contribution in [2.75, 3.05) is 5.32 Å². The predicted molar refractivity (Wildman–Crippen MR) is 90.1 cm³/mol. The van der Waals surface area contributed by atoms with E-state index in [0.717, 1.165) is 0 Å². The number of hydrogen-bond donors (Lipinski definition) is 2. The van der Waals surface area contributed by atoms with Crippen LogP contribution in [0.5, 0.6) is 0 Å². The van der Waals surface area contributed by atoms with Crippen LogP contribution in [-0.4, -0.2) is 22.3 Å². The molecule has 6 nitrogen and oxygen atoms in total. The molecule has 0 spiro atoms. The van der Waals surface area contributed by atoms with Crippen molar-refractivity contribution < 1.29 is 19.1 Å². The molecule has 0 saturated heterocycles. The largest absolute Gasteiger partial charge is 0.478 e. The zero-order valence-corrected chi connectivity index (χ0v) is 12.9. The van der Waals surface area contributed by atoms with Crippen LogP contribution in [0.2, 0.25) is 5.02 Å². The average molecular weight is 343 g/mol. The molecule has 0 radical (unpaired) electrons. The summed E-state index contributed by atoms with van der Waals surface area (Å²) >= 11 is 5.90. The Morgan fingerprint density at radius 3 is 2.83 bits per heavy atom. The van der Waals surface area contributed by atoms with E-state index in [4.69, 9.17) is 21.1 Å². The minimum absolute atomic E-state index is 0.137. The SMILES string of the molecule is O=C/C(=C\Nc1cccc(C(=O)O)c1)c1nc2cc(Cl)ccc2o1. The number of carbonyl (C=O) groups is 2. The van der Waals surface area contributed by atoms with Crippen molar-refractivity contribution in [2.24, 2.45) is 0 Å². The Bertz CT molecular complexity index is 962. The minimum Gasteiger partial charge on any atom is -0.478 e. The molecule has 0 bridgehead atoms. The molecule has 0 fully saturated rings. The highest BCUT2D eigenvalue weighted by Gasteiger charge is 2.11. The van der Waals surface area contributed by atoms with E-state index in [1.807, 2.05) is 0 Å². The minimum atomic E-state index is -1.03. The maximum absolute atomic E-state index is 11.3. The molecule has 0 saturated carbocycles. The van der Waals surface area contributed by atoms with Crippen LogP contribution in [0.3, 0.4) is 0 Å². The lowest BCUT2D eigenvalue weighted by molar-refractivity contribution is -0.103. The molecule has 3 aromatic rings. The number of aromatic carboxylic acids is 1. The Balaban J connectivity index is 1.89. The number of fused-ring (bicyclic) bond motifs is 1. The monoisotopic (exact) mass is 342 g/mol. The van der Waals surface area contributed by atoms with Gasteiger partial charge in [-0.3, -0.25) is 4.79 Å². The number of anilines is 1. The highest BCUT2D eigenvalue weighted by molar-refractivity contribution is 6.31. The summed E-state index contributed by atoms with van der Waals surface area (Å²) in [5.41, 5.74) is 1.89. The average Bonchev–Trinajstić information content (AvgIpc) is 2.98. The third-order valence-corrected chi connectivity index (χ3v) is 3.46. The molecule has 1 heterocycles. The highest BCUT2D eigenvalue weighted by Crippen LogP contribution is 2.23. The zero-order chi connectivity index (χ0) is 17.1. The third kappa shape index (κ3) is 3.28. The van der Waals surface area contributed by atoms with E-state index >= 15 is 0 Å². The number of carboxylic acid groups (broad SMARTS) is 1. The lowest BCUT2D eigenvalue weighted by atomic mass is 10.2. The molecule has 24 heavy (non-hydrogen) atoms. The number of nitrogens with one attached hydrogen (secondary N) is 1. The number of aromatic nitrogens is 1. The van der Waals surface area contributed by atoms with E-state index in [-0.39, 0.29) is 17.0 Å². The molecule has 120 valence electrons. The van der Waals surface area contributed by atoms with E-state index in [9.17, 15) is 9.59 Å². The van der Waals surface area contributed by atoms with Crippen LogP contribution >= 0.6 is 11.6 Å². The van der Waals surface area contributed by atoms with E-state index in [1.54, 1.807) is 30.3 Å². The fourth-order valence-electron chi connectivity index (χ4n) is 2.07. The second-order valence-corrected chi connectivity index (χ2v) is 5.32. The van der Waals surface area contributed by atoms with E-state index in [1.165, 1.54) is 18.3 Å². The predicted octanol–water partition coefficient (Wildman–Crippen LogP) is 3.83. The lowest BCUT2D eigenvalue weighted by Gasteiger charge is -2.02. The summed E-state index contributed by atoms with van der Waals surface area (Å²) in [6, 6.07) is 11.2. The molecule has 7 heteroatoms. The fourth-order valence-corrected chi connectivity index (χ4v) is 2.24. The molecule has 0 atom stereocenters. The van der Waals surface area contributed by atoms with Gasteiger partial charge in [0, 0.05) is 16.9 Å². The zero-order valence-electron chi connectivity index (χ0n) is 12.2. The number of hydrogen-bond acceptors (Lipinski definition) is 5. The van der Waals surface area contributed by atoms with Gasteiger partial charge in [0.2, 0.25) is 5.89 Å². The van der Waals surface area contributed by atoms with Crippen molar-refractivity contribution in [3.8, 4) is 0 Å². The Morgan fingerprint density at radius 1 is 1.25 bits per heavy atom. The number of allylic oxidation sites excluding steroid dienone is 1. The number of nitrogens with zero attached hydrogens (tertiary/aromatic N) is 1. The molecule has 2 N–H and O–H groups in total. The molecule has 0 aliphatic rings. The second-order valence-electron chi connectivity index (χ2n) is 4.88. The van der Waals surface area contributed by atoms with Gasteiger partial charge in [-0.15, -0.1) is 0 Å². The third-order valence-electron chi connectivity index (χ3n) is 3.23. The summed E-state index contributed by atoms with van der Waals surface area (Å²) in [7, 11) is 0. The van der Waals surface area contributed by atoms with E-state index < -0.39 is 5.97 Å². The number of benzene rings is 2. The Kier molecular flexibility index (Phi) is 4.31. The van der Waals surface area contributed by atoms with Crippen LogP contribution in [0.15, 0.2) is 53.1 Å². The quantitative estimate of drug-likeness (QED) is 0.540. The summed E-state index contributed by atoms with van der Waals surface area (Å²) < 4.78 is 5.52. The van der Waals surface area contributed by atoms with Crippen LogP contribution in [0, 0.1) is 0 Å². The van der Waals surface area contributed by atoms with Gasteiger partial charge in [0.05, 0.1) is 11.1 Å². The fraction of sp³-hybridized carbons (Fsp3) is 0. The first-order chi connectivity index (χ1) is 11.6. The molecule has 1 aromatic heterocycles. The first-order valence-corrected chi connectivity index (χ1v) is 7.26. The molecular formula is C17H11ClN2O4. The molecule has 0 amide bonds. The summed E-state index contributed by atoms with van der Waals surface area (Å²) in [6.07, 6.45) is 2.00. The van der Waals surface area contributed by atoms with Gasteiger partial charge in [-0.2, -0.15) is 0 Å². The van der Waals surface area contributed by atoms with Gasteiger partial charge in [0.15, 0.2) is 11.9 Å². The molecule has 0 aliphatic heterocycles. The van der Waals surface area contributed by atoms with Crippen LogP contribution in [0.1, 0.15) is 16.2 Å². The Morgan fingerprint density at radius 2 is 2.08 bits per heavy atom. The summed E-state index contributed by atoms with van der Waals surface area (Å²) in [5, 5.41) is 12.4. The van der Waals surface area contributed by atoms with E-state index in [0.29, 0.717) is 28.1 Å². The van der Waals surface area contributed by atoms with Crippen molar-refractivity contribution in [1.82, 2.24) is 4.98 Å². The summed E-state index contributed by atoms with van der Waals surface area (Å²) in [5.74, 6) is -0.891. The smallest absolute Gasteiger partial charge is 0.335 e. The summed E-state index contributed by atoms with van der Waals surface area (Å²) in [6.45, 7) is 0. The summed E-state index contributed by atoms with van der Waals surface area (Å²) in [4.78, 5) is 26.5. The van der Waals surface area contributed by atoms with Gasteiger partial charge in [-0.25, -0.2) is 9.78 Å². The topological polar surface area (TPSA) is 92.4 Å². The normalized spacial score (nSPS) is 11.5. The number of carboxylic acids is 1. The molecule has 0 unspecified atom stereocenters. The van der Waals surface area contributed by atoms with Crippen LogP contribution in [0.4, 0.5) is 5.69 Å². The maximum atomic E-state index is 11.3. The van der Waals surface area contributed by atoms with Crippen LogP contribution in [0.25, 0.3) is 16.7 Å². The van der Waals surface area contributed by atoms with Crippen molar-refractivity contribution in [1.29, 1.82) is 0 Å². The number of halogens is 1. The number of aldehydes is 1.